The first-order valence-corrected chi connectivity index (χ1v) is 15.1. The third-order valence-corrected chi connectivity index (χ3v) is 7.79. The van der Waals surface area contributed by atoms with Gasteiger partial charge in [-0.3, -0.25) is 10.1 Å². The number of hydrogen-bond donors (Lipinski definition) is 3. The Kier molecular flexibility index (Phi) is 8.20. The summed E-state index contributed by atoms with van der Waals surface area (Å²) in [4.78, 5) is 19.3. The summed E-state index contributed by atoms with van der Waals surface area (Å²) in [6, 6.07) is 25.2. The van der Waals surface area contributed by atoms with Crippen LogP contribution in [0.1, 0.15) is 11.1 Å². The number of ether oxygens (including phenoxy) is 1. The lowest BCUT2D eigenvalue weighted by molar-refractivity contribution is 0.260. The number of nitrogens with zero attached hydrogens (tertiary/aromatic N) is 5. The predicted octanol–water partition coefficient (Wildman–Crippen LogP) is 6.60. The van der Waals surface area contributed by atoms with Crippen molar-refractivity contribution in [2.24, 2.45) is 0 Å². The molecule has 0 atom stereocenters. The van der Waals surface area contributed by atoms with E-state index in [1.165, 1.54) is 17.7 Å². The first kappa shape index (κ1) is 29.3. The minimum absolute atomic E-state index is 0.380. The molecule has 3 N–H and O–H groups in total. The van der Waals surface area contributed by atoms with Crippen LogP contribution in [0.3, 0.4) is 0 Å². The van der Waals surface area contributed by atoms with Gasteiger partial charge in [0.15, 0.2) is 11.5 Å². The molecule has 0 aliphatic rings. The van der Waals surface area contributed by atoms with Gasteiger partial charge in [-0.1, -0.05) is 36.4 Å². The van der Waals surface area contributed by atoms with Crippen molar-refractivity contribution in [3.63, 3.8) is 0 Å². The molecule has 0 aliphatic heterocycles. The molecule has 0 saturated heterocycles. The molecule has 0 unspecified atom stereocenters. The van der Waals surface area contributed by atoms with Gasteiger partial charge in [-0.2, -0.15) is 5.10 Å². The Morgan fingerprint density at radius 1 is 0.870 bits per heavy atom. The van der Waals surface area contributed by atoms with Crippen molar-refractivity contribution in [2.45, 2.75) is 13.1 Å². The topological polar surface area (TPSA) is 108 Å². The molecule has 46 heavy (non-hydrogen) atoms. The number of imidazole rings is 1. The van der Waals surface area contributed by atoms with E-state index in [4.69, 9.17) is 9.72 Å². The second kappa shape index (κ2) is 12.9. The van der Waals surface area contributed by atoms with E-state index in [2.05, 4.69) is 60.8 Å². The van der Waals surface area contributed by atoms with Crippen LogP contribution >= 0.6 is 0 Å². The molecule has 0 spiro atoms. The van der Waals surface area contributed by atoms with Crippen LogP contribution in [0.2, 0.25) is 0 Å². The van der Waals surface area contributed by atoms with E-state index in [0.717, 1.165) is 46.2 Å². The third kappa shape index (κ3) is 6.35. The Labute approximate surface area is 265 Å². The third-order valence-electron chi connectivity index (χ3n) is 7.79. The molecule has 4 heterocycles. The molecule has 3 aromatic carbocycles. The zero-order valence-corrected chi connectivity index (χ0v) is 25.6. The maximum absolute atomic E-state index is 14.7. The smallest absolute Gasteiger partial charge is 0.160 e. The highest BCUT2D eigenvalue weighted by Crippen LogP contribution is 2.34. The van der Waals surface area contributed by atoms with E-state index in [9.17, 15) is 4.39 Å². The molecule has 9 nitrogen and oxygen atoms in total. The lowest BCUT2D eigenvalue weighted by Crippen LogP contribution is -2.19. The molecule has 0 saturated carbocycles. The van der Waals surface area contributed by atoms with Crippen LogP contribution in [0, 0.1) is 5.82 Å². The Balaban J connectivity index is 1.17. The number of aromatic nitrogens is 6. The number of fused-ring (bicyclic) bond motifs is 2. The fraction of sp³-hybridized carbons (Fsp3) is 0.167. The largest absolute Gasteiger partial charge is 0.492 e. The minimum Gasteiger partial charge on any atom is -0.492 e. The van der Waals surface area contributed by atoms with E-state index >= 15 is 0 Å². The number of benzene rings is 3. The molecule has 0 bridgehead atoms. The van der Waals surface area contributed by atoms with Crippen molar-refractivity contribution in [3.8, 4) is 39.5 Å². The van der Waals surface area contributed by atoms with Crippen molar-refractivity contribution >= 4 is 22.1 Å². The van der Waals surface area contributed by atoms with Gasteiger partial charge in [-0.05, 0) is 72.7 Å². The second-order valence-corrected chi connectivity index (χ2v) is 11.5. The highest BCUT2D eigenvalue weighted by Gasteiger charge is 2.17. The number of hydrogen-bond acceptors (Lipinski definition) is 7. The van der Waals surface area contributed by atoms with Crippen LogP contribution in [-0.4, -0.2) is 62.3 Å². The van der Waals surface area contributed by atoms with E-state index < -0.39 is 0 Å². The first-order chi connectivity index (χ1) is 22.5. The maximum Gasteiger partial charge on any atom is 0.160 e. The lowest BCUT2D eigenvalue weighted by atomic mass is 10.0. The fourth-order valence-corrected chi connectivity index (χ4v) is 5.47. The zero-order valence-electron chi connectivity index (χ0n) is 25.6. The molecule has 0 aliphatic carbocycles. The number of H-pyrrole nitrogens is 2. The highest BCUT2D eigenvalue weighted by molar-refractivity contribution is 5.97. The molecule has 0 fully saturated rings. The van der Waals surface area contributed by atoms with Crippen LogP contribution in [0.25, 0.3) is 55.8 Å². The summed E-state index contributed by atoms with van der Waals surface area (Å²) < 4.78 is 20.5. The molecule has 4 aromatic heterocycles. The SMILES string of the molecule is CN(C)CCOc1cc(F)cc(-c2ccnc3[nH]c(-c4n[nH]c5ccc(-c6cncc(CNCc7ccccc7)c6)cc45)nc23)c1. The van der Waals surface area contributed by atoms with Gasteiger partial charge in [0, 0.05) is 60.8 Å². The summed E-state index contributed by atoms with van der Waals surface area (Å²) in [5.74, 6) is 0.651. The van der Waals surface area contributed by atoms with Crippen LogP contribution < -0.4 is 10.1 Å². The number of pyridine rings is 2. The van der Waals surface area contributed by atoms with E-state index in [1.807, 2.05) is 67.8 Å². The summed E-state index contributed by atoms with van der Waals surface area (Å²) >= 11 is 0. The van der Waals surface area contributed by atoms with Crippen LogP contribution in [0.15, 0.2) is 97.5 Å². The number of likely N-dealkylation sites (N-methyl/N-ethyl adjacent to an activating group) is 1. The standard InChI is InChI=1S/C36H33FN8O/c1-45(2)12-13-46-29-16-26(15-28(37)18-29)30-10-11-40-35-33(30)41-36(42-35)34-31-17-25(8-9-32(31)43-44-34)27-14-24(21-39-22-27)20-38-19-23-6-4-3-5-7-23/h3-11,14-18,21-22,38H,12-13,19-20H2,1-2H3,(H,43,44)(H,40,41,42). The van der Waals surface area contributed by atoms with Gasteiger partial charge in [0.05, 0.1) is 5.52 Å². The van der Waals surface area contributed by atoms with Crippen LogP contribution in [0.4, 0.5) is 4.39 Å². The van der Waals surface area contributed by atoms with Crippen molar-refractivity contribution in [2.75, 3.05) is 27.2 Å². The molecular weight excluding hydrogens is 579 g/mol. The normalized spacial score (nSPS) is 11.6. The Bertz CT molecular complexity index is 2120. The van der Waals surface area contributed by atoms with E-state index in [0.29, 0.717) is 47.1 Å². The van der Waals surface area contributed by atoms with Crippen LogP contribution in [-0.2, 0) is 13.1 Å². The molecule has 0 amide bonds. The van der Waals surface area contributed by atoms with E-state index in [-0.39, 0.29) is 5.82 Å². The number of halogens is 1. The number of nitrogens with one attached hydrogen (secondary N) is 3. The Hall–Kier alpha value is -5.45. The molecule has 7 rings (SSSR count). The van der Waals surface area contributed by atoms with Crippen molar-refractivity contribution in [1.29, 1.82) is 0 Å². The molecule has 7 aromatic rings. The highest BCUT2D eigenvalue weighted by atomic mass is 19.1. The molecule has 0 radical (unpaired) electrons. The maximum atomic E-state index is 14.7. The second-order valence-electron chi connectivity index (χ2n) is 11.5. The predicted molar refractivity (Wildman–Crippen MR) is 179 cm³/mol. The van der Waals surface area contributed by atoms with E-state index in [1.54, 1.807) is 6.20 Å². The lowest BCUT2D eigenvalue weighted by Gasteiger charge is -2.12. The van der Waals surface area contributed by atoms with Gasteiger partial charge in [-0.15, -0.1) is 0 Å². The summed E-state index contributed by atoms with van der Waals surface area (Å²) in [5, 5.41) is 12.1. The molecule has 10 heteroatoms. The quantitative estimate of drug-likeness (QED) is 0.151. The van der Waals surface area contributed by atoms with Crippen molar-refractivity contribution in [1.82, 2.24) is 40.3 Å². The van der Waals surface area contributed by atoms with Crippen molar-refractivity contribution < 1.29 is 9.13 Å². The first-order valence-electron chi connectivity index (χ1n) is 15.1. The molecular formula is C36H33FN8O. The van der Waals surface area contributed by atoms with Gasteiger partial charge in [-0.25, -0.2) is 14.4 Å². The monoisotopic (exact) mass is 612 g/mol. The zero-order chi connectivity index (χ0) is 31.5. The summed E-state index contributed by atoms with van der Waals surface area (Å²) in [6.45, 7) is 2.67. The summed E-state index contributed by atoms with van der Waals surface area (Å²) in [6.07, 6.45) is 5.45. The van der Waals surface area contributed by atoms with Crippen molar-refractivity contribution in [3.05, 3.63) is 114 Å². The fourth-order valence-electron chi connectivity index (χ4n) is 5.47. The van der Waals surface area contributed by atoms with Gasteiger partial charge in [0.1, 0.15) is 29.4 Å². The number of aromatic amines is 2. The summed E-state index contributed by atoms with van der Waals surface area (Å²) in [7, 11) is 3.93. The average Bonchev–Trinajstić information content (AvgIpc) is 3.69. The average molecular weight is 613 g/mol. The summed E-state index contributed by atoms with van der Waals surface area (Å²) in [5.41, 5.74) is 8.52. The van der Waals surface area contributed by atoms with Gasteiger partial charge in [0.25, 0.3) is 0 Å². The van der Waals surface area contributed by atoms with Gasteiger partial charge >= 0.3 is 0 Å². The van der Waals surface area contributed by atoms with Gasteiger partial charge < -0.3 is 19.9 Å². The Morgan fingerprint density at radius 2 is 1.74 bits per heavy atom. The van der Waals surface area contributed by atoms with Crippen LogP contribution in [0.5, 0.6) is 5.75 Å². The Morgan fingerprint density at radius 3 is 2.61 bits per heavy atom. The molecule has 230 valence electrons. The number of rotatable bonds is 11. The van der Waals surface area contributed by atoms with Gasteiger partial charge in [0.2, 0.25) is 0 Å². The minimum atomic E-state index is -0.380.